The van der Waals surface area contributed by atoms with E-state index >= 15 is 0 Å². The summed E-state index contributed by atoms with van der Waals surface area (Å²) in [5, 5.41) is 0.0490. The second-order valence-corrected chi connectivity index (χ2v) is 14.4. The molecule has 2 aromatic rings. The van der Waals surface area contributed by atoms with Gasteiger partial charge >= 0.3 is 6.09 Å². The minimum Gasteiger partial charge on any atom is -0.444 e. The Hall–Kier alpha value is -2.32. The first-order valence-corrected chi connectivity index (χ1v) is 13.7. The van der Waals surface area contributed by atoms with Gasteiger partial charge in [-0.1, -0.05) is 20.8 Å². The summed E-state index contributed by atoms with van der Waals surface area (Å²) >= 11 is 0. The van der Waals surface area contributed by atoms with Crippen molar-refractivity contribution < 1.29 is 14.0 Å². The van der Waals surface area contributed by atoms with E-state index in [1.807, 2.05) is 31.9 Å². The Labute approximate surface area is 220 Å². The molecular formula is C28H44N4O3Si. The van der Waals surface area contributed by atoms with Crippen LogP contribution in [0.15, 0.2) is 24.4 Å². The summed E-state index contributed by atoms with van der Waals surface area (Å²) < 4.78 is 14.4. The van der Waals surface area contributed by atoms with Gasteiger partial charge in [-0.2, -0.15) is 0 Å². The number of aryl methyl sites for hydroxylation is 3. The fourth-order valence-electron chi connectivity index (χ4n) is 4.51. The van der Waals surface area contributed by atoms with Crippen molar-refractivity contribution >= 4 is 21.5 Å². The number of carbonyl (C=O) groups excluding carboxylic acids is 1. The van der Waals surface area contributed by atoms with E-state index in [0.717, 1.165) is 28.5 Å². The van der Waals surface area contributed by atoms with Crippen LogP contribution in [-0.2, 0) is 9.16 Å². The summed E-state index contributed by atoms with van der Waals surface area (Å²) in [5.41, 5.74) is 3.47. The molecule has 0 bridgehead atoms. The molecule has 36 heavy (non-hydrogen) atoms. The Morgan fingerprint density at radius 1 is 1.00 bits per heavy atom. The smallest absolute Gasteiger partial charge is 0.410 e. The van der Waals surface area contributed by atoms with Crippen LogP contribution in [-0.4, -0.2) is 67.2 Å². The summed E-state index contributed by atoms with van der Waals surface area (Å²) in [6, 6.07) is 6.19. The molecule has 8 heteroatoms. The highest BCUT2D eigenvalue weighted by molar-refractivity contribution is 6.31. The number of pyridine rings is 1. The zero-order valence-corrected chi connectivity index (χ0v) is 25.0. The van der Waals surface area contributed by atoms with E-state index in [2.05, 4.69) is 83.1 Å². The lowest BCUT2D eigenvalue weighted by molar-refractivity contribution is -0.0296. The van der Waals surface area contributed by atoms with Crippen LogP contribution in [0.5, 0.6) is 0 Å². The minimum absolute atomic E-state index is 0.0490. The number of anilines is 1. The molecule has 3 rings (SSSR count). The predicted molar refractivity (Wildman–Crippen MR) is 147 cm³/mol. The summed E-state index contributed by atoms with van der Waals surface area (Å²) in [7, 11) is 0.317. The van der Waals surface area contributed by atoms with Crippen LogP contribution < -0.4 is 4.90 Å². The average Bonchev–Trinajstić information content (AvgIpc) is 3.08. The molecule has 1 amide bonds. The lowest BCUT2D eigenvalue weighted by Crippen LogP contribution is -2.64. The van der Waals surface area contributed by atoms with Gasteiger partial charge in [-0.05, 0) is 84.2 Å². The molecule has 1 fully saturated rings. The number of piperazine rings is 1. The van der Waals surface area contributed by atoms with E-state index in [1.165, 1.54) is 0 Å². The average molecular weight is 513 g/mol. The van der Waals surface area contributed by atoms with E-state index < -0.39 is 11.2 Å². The van der Waals surface area contributed by atoms with Crippen molar-refractivity contribution in [1.82, 2.24) is 14.5 Å². The molecule has 2 radical (unpaired) electrons. The van der Waals surface area contributed by atoms with Gasteiger partial charge in [0.05, 0.1) is 23.5 Å². The maximum atomic E-state index is 13.2. The number of amides is 1. The maximum Gasteiger partial charge on any atom is 0.410 e. The van der Waals surface area contributed by atoms with Gasteiger partial charge in [0.25, 0.3) is 0 Å². The quantitative estimate of drug-likeness (QED) is 0.470. The lowest BCUT2D eigenvalue weighted by atomic mass is 9.94. The predicted octanol–water partition coefficient (Wildman–Crippen LogP) is 5.86. The molecule has 0 N–H and O–H groups in total. The first kappa shape index (κ1) is 28.3. The highest BCUT2D eigenvalue weighted by atomic mass is 28.2. The normalized spacial score (nSPS) is 17.5. The van der Waals surface area contributed by atoms with E-state index in [0.29, 0.717) is 29.4 Å². The molecule has 1 atom stereocenters. The molecule has 0 saturated carbocycles. The van der Waals surface area contributed by atoms with Crippen LogP contribution in [0.1, 0.15) is 72.3 Å². The first-order valence-electron chi connectivity index (χ1n) is 12.8. The topological polar surface area (TPSA) is 59.8 Å². The molecule has 3 heterocycles. The second-order valence-electron chi connectivity index (χ2n) is 12.5. The van der Waals surface area contributed by atoms with Crippen molar-refractivity contribution in [3.8, 4) is 5.82 Å². The largest absolute Gasteiger partial charge is 0.444 e. The van der Waals surface area contributed by atoms with E-state index in [-0.39, 0.29) is 17.2 Å². The molecular weight excluding hydrogens is 468 g/mol. The second kappa shape index (κ2) is 10.2. The third kappa shape index (κ3) is 6.71. The zero-order chi connectivity index (χ0) is 27.1. The monoisotopic (exact) mass is 512 g/mol. The molecule has 1 saturated heterocycles. The van der Waals surface area contributed by atoms with Gasteiger partial charge < -0.3 is 18.6 Å². The number of rotatable bonds is 5. The summed E-state index contributed by atoms with van der Waals surface area (Å²) in [4.78, 5) is 22.3. The van der Waals surface area contributed by atoms with Crippen LogP contribution >= 0.6 is 0 Å². The lowest BCUT2D eigenvalue weighted by Gasteiger charge is -2.49. The van der Waals surface area contributed by atoms with Gasteiger partial charge in [0.1, 0.15) is 11.4 Å². The van der Waals surface area contributed by atoms with E-state index in [4.69, 9.17) is 14.1 Å². The van der Waals surface area contributed by atoms with Crippen molar-refractivity contribution in [3.63, 3.8) is 0 Å². The van der Waals surface area contributed by atoms with Crippen molar-refractivity contribution in [3.05, 3.63) is 41.3 Å². The first-order chi connectivity index (χ1) is 16.5. The zero-order valence-electron chi connectivity index (χ0n) is 24.0. The highest BCUT2D eigenvalue weighted by Crippen LogP contribution is 2.32. The number of hydrogen-bond donors (Lipinski definition) is 0. The van der Waals surface area contributed by atoms with Gasteiger partial charge in [0.15, 0.2) is 0 Å². The number of aromatic nitrogens is 2. The standard InChI is InChI=1S/C28H44N4O3Si/c1-19-16-24(32-20(2)12-13-21(32)3)29-17-22(19)30-14-15-31(25(33)34-26(4,5)6)23(18-30)28(10,11)35-36-27(7,8)9/h12-13,16-17,23H,14-15,18H2,1-11H3/t23-/m1/s1. The molecule has 0 unspecified atom stereocenters. The van der Waals surface area contributed by atoms with E-state index in [1.54, 1.807) is 0 Å². The van der Waals surface area contributed by atoms with Crippen LogP contribution in [0.2, 0.25) is 5.04 Å². The van der Waals surface area contributed by atoms with Gasteiger partial charge in [-0.3, -0.25) is 4.90 Å². The molecule has 1 aliphatic rings. The third-order valence-corrected chi connectivity index (χ3v) is 7.58. The third-order valence-electron chi connectivity index (χ3n) is 6.34. The van der Waals surface area contributed by atoms with Gasteiger partial charge in [-0.25, -0.2) is 9.78 Å². The Balaban J connectivity index is 1.90. The molecule has 0 spiro atoms. The highest BCUT2D eigenvalue weighted by Gasteiger charge is 2.43. The Morgan fingerprint density at radius 2 is 1.61 bits per heavy atom. The summed E-state index contributed by atoms with van der Waals surface area (Å²) in [5.74, 6) is 0.926. The minimum atomic E-state index is -0.554. The SMILES string of the molecule is Cc1cc(-n2c(C)ccc2C)ncc1N1CCN(C(=O)OC(C)(C)C)[C@@H](C(C)(C)O[Si]C(C)(C)C)C1. The van der Waals surface area contributed by atoms with Crippen molar-refractivity contribution in [2.24, 2.45) is 0 Å². The molecule has 0 aromatic carbocycles. The van der Waals surface area contributed by atoms with Crippen LogP contribution in [0.25, 0.3) is 5.82 Å². The fourth-order valence-corrected chi connectivity index (χ4v) is 5.21. The molecule has 0 aliphatic carbocycles. The molecule has 2 aromatic heterocycles. The Bertz CT molecular complexity index is 1060. The number of nitrogens with zero attached hydrogens (tertiary/aromatic N) is 4. The van der Waals surface area contributed by atoms with Gasteiger partial charge in [-0.15, -0.1) is 0 Å². The van der Waals surface area contributed by atoms with Crippen LogP contribution in [0, 0.1) is 20.8 Å². The molecule has 198 valence electrons. The van der Waals surface area contributed by atoms with Crippen molar-refractivity contribution in [2.45, 2.75) is 98.4 Å². The van der Waals surface area contributed by atoms with Crippen molar-refractivity contribution in [2.75, 3.05) is 24.5 Å². The molecule has 7 nitrogen and oxygen atoms in total. The van der Waals surface area contributed by atoms with Crippen LogP contribution in [0.3, 0.4) is 0 Å². The number of hydrogen-bond acceptors (Lipinski definition) is 5. The van der Waals surface area contributed by atoms with Crippen LogP contribution in [0.4, 0.5) is 10.5 Å². The summed E-state index contributed by atoms with van der Waals surface area (Å²) in [6.45, 7) is 24.6. The van der Waals surface area contributed by atoms with Crippen molar-refractivity contribution in [1.29, 1.82) is 0 Å². The fraction of sp³-hybridized carbons (Fsp3) is 0.643. The summed E-state index contributed by atoms with van der Waals surface area (Å²) in [6.07, 6.45) is 1.68. The number of carbonyl (C=O) groups is 1. The van der Waals surface area contributed by atoms with Gasteiger partial charge in [0.2, 0.25) is 9.76 Å². The van der Waals surface area contributed by atoms with Gasteiger partial charge in [0, 0.05) is 31.0 Å². The Kier molecular flexibility index (Phi) is 8.01. The molecule has 1 aliphatic heterocycles. The van der Waals surface area contributed by atoms with E-state index in [9.17, 15) is 4.79 Å². The maximum absolute atomic E-state index is 13.2. The Morgan fingerprint density at radius 3 is 2.14 bits per heavy atom. The number of ether oxygens (including phenoxy) is 1.